The fourth-order valence-corrected chi connectivity index (χ4v) is 3.60. The van der Waals surface area contributed by atoms with Crippen LogP contribution in [0.15, 0.2) is 52.0 Å². The lowest BCUT2D eigenvalue weighted by atomic mass is 10.2. The van der Waals surface area contributed by atoms with Crippen molar-refractivity contribution in [3.8, 4) is 0 Å². The molecule has 0 aliphatic carbocycles. The molecule has 24 heavy (non-hydrogen) atoms. The lowest BCUT2D eigenvalue weighted by Gasteiger charge is -2.13. The Hall–Kier alpha value is -2.12. The maximum absolute atomic E-state index is 12.4. The highest BCUT2D eigenvalue weighted by molar-refractivity contribution is 7.90. The van der Waals surface area contributed by atoms with Crippen molar-refractivity contribution in [2.24, 2.45) is 0 Å². The summed E-state index contributed by atoms with van der Waals surface area (Å²) < 4.78 is 35.1. The number of hydrogen-bond donors (Lipinski definition) is 1. The zero-order valence-electron chi connectivity index (χ0n) is 13.7. The van der Waals surface area contributed by atoms with Crippen LogP contribution in [0.2, 0.25) is 0 Å². The molecule has 1 heterocycles. The van der Waals surface area contributed by atoms with E-state index in [1.807, 2.05) is 6.92 Å². The van der Waals surface area contributed by atoms with E-state index in [1.165, 1.54) is 24.5 Å². The average molecular weight is 351 g/mol. The number of carbonyl (C=O) groups is 1. The first-order chi connectivity index (χ1) is 11.4. The summed E-state index contributed by atoms with van der Waals surface area (Å²) in [6.45, 7) is 2.37. The zero-order chi connectivity index (χ0) is 17.6. The van der Waals surface area contributed by atoms with Crippen molar-refractivity contribution in [1.29, 1.82) is 0 Å². The zero-order valence-corrected chi connectivity index (χ0v) is 14.5. The lowest BCUT2D eigenvalue weighted by Crippen LogP contribution is -2.33. The topological polar surface area (TPSA) is 85.6 Å². The van der Waals surface area contributed by atoms with Crippen LogP contribution in [-0.4, -0.2) is 34.1 Å². The maximum Gasteiger partial charge on any atom is 0.287 e. The first-order valence-electron chi connectivity index (χ1n) is 7.58. The molecule has 7 heteroatoms. The molecule has 0 aliphatic rings. The molecule has 1 atom stereocenters. The van der Waals surface area contributed by atoms with Crippen LogP contribution in [0.3, 0.4) is 0 Å². The number of methoxy groups -OCH3 is 1. The fraction of sp³-hybridized carbons (Fsp3) is 0.353. The number of sulfone groups is 1. The molecular formula is C17H21NO5S. The number of nitrogens with one attached hydrogen (secondary N) is 1. The van der Waals surface area contributed by atoms with Gasteiger partial charge in [-0.2, -0.15) is 0 Å². The highest BCUT2D eigenvalue weighted by atomic mass is 32.2. The second-order valence-corrected chi connectivity index (χ2v) is 7.49. The highest BCUT2D eigenvalue weighted by Gasteiger charge is 2.23. The molecule has 2 rings (SSSR count). The summed E-state index contributed by atoms with van der Waals surface area (Å²) in [6, 6.07) is 9.53. The number of furan rings is 1. The minimum Gasteiger partial charge on any atom is -0.459 e. The molecule has 1 aromatic carbocycles. The van der Waals surface area contributed by atoms with Gasteiger partial charge in [0.05, 0.1) is 16.9 Å². The van der Waals surface area contributed by atoms with Crippen LogP contribution in [0, 0.1) is 0 Å². The number of benzene rings is 1. The Morgan fingerprint density at radius 1 is 1.25 bits per heavy atom. The summed E-state index contributed by atoms with van der Waals surface area (Å²) in [6.07, 6.45) is 1.98. The molecule has 6 nitrogen and oxygen atoms in total. The number of carbonyl (C=O) groups excluding carboxylic acids is 1. The summed E-state index contributed by atoms with van der Waals surface area (Å²) in [4.78, 5) is 12.5. The Labute approximate surface area is 141 Å². The van der Waals surface area contributed by atoms with E-state index in [1.54, 1.807) is 25.3 Å². The van der Waals surface area contributed by atoms with Crippen LogP contribution in [-0.2, 0) is 20.3 Å². The van der Waals surface area contributed by atoms with Crippen molar-refractivity contribution in [1.82, 2.24) is 5.32 Å². The second kappa shape index (κ2) is 8.12. The molecule has 1 amide bonds. The van der Waals surface area contributed by atoms with Gasteiger partial charge in [-0.1, -0.05) is 18.2 Å². The quantitative estimate of drug-likeness (QED) is 0.789. The highest BCUT2D eigenvalue weighted by Crippen LogP contribution is 2.20. The van der Waals surface area contributed by atoms with Crippen molar-refractivity contribution >= 4 is 15.7 Å². The first kappa shape index (κ1) is 18.2. The summed E-state index contributed by atoms with van der Waals surface area (Å²) in [5, 5.41) is 2.78. The fourth-order valence-electron chi connectivity index (χ4n) is 2.22. The predicted octanol–water partition coefficient (Wildman–Crippen LogP) is 2.41. The smallest absolute Gasteiger partial charge is 0.287 e. The molecule has 0 spiro atoms. The van der Waals surface area contributed by atoms with Crippen LogP contribution >= 0.6 is 0 Å². The SMILES string of the molecule is COCCC(C)NC(=O)c1occc1CS(=O)(=O)c1ccccc1. The summed E-state index contributed by atoms with van der Waals surface area (Å²) in [5.41, 5.74) is 0.343. The molecule has 0 saturated carbocycles. The van der Waals surface area contributed by atoms with Gasteiger partial charge in [-0.25, -0.2) is 8.42 Å². The molecule has 1 aromatic heterocycles. The third-order valence-electron chi connectivity index (χ3n) is 3.53. The number of amides is 1. The van der Waals surface area contributed by atoms with Crippen molar-refractivity contribution < 1.29 is 22.4 Å². The van der Waals surface area contributed by atoms with Gasteiger partial charge >= 0.3 is 0 Å². The monoisotopic (exact) mass is 351 g/mol. The molecule has 1 N–H and O–H groups in total. The van der Waals surface area contributed by atoms with Gasteiger partial charge in [-0.05, 0) is 31.5 Å². The lowest BCUT2D eigenvalue weighted by molar-refractivity contribution is 0.0900. The van der Waals surface area contributed by atoms with Gasteiger partial charge < -0.3 is 14.5 Å². The van der Waals surface area contributed by atoms with Crippen LogP contribution in [0.25, 0.3) is 0 Å². The molecular weight excluding hydrogens is 330 g/mol. The van der Waals surface area contributed by atoms with E-state index < -0.39 is 15.7 Å². The van der Waals surface area contributed by atoms with Crippen molar-refractivity contribution in [2.75, 3.05) is 13.7 Å². The van der Waals surface area contributed by atoms with E-state index in [4.69, 9.17) is 9.15 Å². The molecule has 0 saturated heterocycles. The molecule has 2 aromatic rings. The summed E-state index contributed by atoms with van der Waals surface area (Å²) in [5.74, 6) is -0.691. The second-order valence-electron chi connectivity index (χ2n) is 5.50. The average Bonchev–Trinajstić information content (AvgIpc) is 3.01. The van der Waals surface area contributed by atoms with Gasteiger partial charge in [0.25, 0.3) is 5.91 Å². The maximum atomic E-state index is 12.4. The van der Waals surface area contributed by atoms with E-state index in [2.05, 4.69) is 5.32 Å². The number of hydrogen-bond acceptors (Lipinski definition) is 5. The van der Waals surface area contributed by atoms with Crippen LogP contribution < -0.4 is 5.32 Å². The Bertz CT molecular complexity index is 767. The molecule has 0 radical (unpaired) electrons. The van der Waals surface area contributed by atoms with Crippen LogP contribution in [0.1, 0.15) is 29.5 Å². The molecule has 0 bridgehead atoms. The van der Waals surface area contributed by atoms with E-state index >= 15 is 0 Å². The van der Waals surface area contributed by atoms with Gasteiger partial charge in [0, 0.05) is 25.3 Å². The van der Waals surface area contributed by atoms with Crippen molar-refractivity contribution in [3.05, 3.63) is 54.0 Å². The van der Waals surface area contributed by atoms with Crippen LogP contribution in [0.5, 0.6) is 0 Å². The van der Waals surface area contributed by atoms with Gasteiger partial charge in [0.2, 0.25) is 0 Å². The van der Waals surface area contributed by atoms with Crippen molar-refractivity contribution in [2.45, 2.75) is 30.0 Å². The van der Waals surface area contributed by atoms with Gasteiger partial charge in [0.15, 0.2) is 15.6 Å². The summed E-state index contributed by atoms with van der Waals surface area (Å²) in [7, 11) is -1.95. The molecule has 0 fully saturated rings. The van der Waals surface area contributed by atoms with Gasteiger partial charge in [-0.3, -0.25) is 4.79 Å². The normalized spacial score (nSPS) is 12.8. The first-order valence-corrected chi connectivity index (χ1v) is 9.23. The standard InChI is InChI=1S/C17H21NO5S/c1-13(8-10-22-2)18-17(19)16-14(9-11-23-16)12-24(20,21)15-6-4-3-5-7-15/h3-7,9,11,13H,8,10,12H2,1-2H3,(H,18,19). The Balaban J connectivity index is 2.11. The van der Waals surface area contributed by atoms with Crippen LogP contribution in [0.4, 0.5) is 0 Å². The van der Waals surface area contributed by atoms with Gasteiger partial charge in [-0.15, -0.1) is 0 Å². The van der Waals surface area contributed by atoms with E-state index in [9.17, 15) is 13.2 Å². The third-order valence-corrected chi connectivity index (χ3v) is 5.21. The Kier molecular flexibility index (Phi) is 6.16. The minimum absolute atomic E-state index is 0.0266. The molecule has 130 valence electrons. The minimum atomic E-state index is -3.54. The summed E-state index contributed by atoms with van der Waals surface area (Å²) >= 11 is 0. The Morgan fingerprint density at radius 3 is 2.62 bits per heavy atom. The number of rotatable bonds is 8. The Morgan fingerprint density at radius 2 is 1.96 bits per heavy atom. The van der Waals surface area contributed by atoms with E-state index in [-0.39, 0.29) is 22.5 Å². The van der Waals surface area contributed by atoms with Crippen molar-refractivity contribution in [3.63, 3.8) is 0 Å². The predicted molar refractivity (Wildman–Crippen MR) is 89.5 cm³/mol. The van der Waals surface area contributed by atoms with E-state index in [0.29, 0.717) is 18.6 Å². The molecule has 0 aliphatic heterocycles. The van der Waals surface area contributed by atoms with E-state index in [0.717, 1.165) is 0 Å². The molecule has 1 unspecified atom stereocenters. The van der Waals surface area contributed by atoms with Gasteiger partial charge in [0.1, 0.15) is 0 Å². The number of ether oxygens (including phenoxy) is 1. The largest absolute Gasteiger partial charge is 0.459 e. The third kappa shape index (κ3) is 4.69.